The summed E-state index contributed by atoms with van der Waals surface area (Å²) < 4.78 is 10.3. The van der Waals surface area contributed by atoms with Crippen molar-refractivity contribution in [3.8, 4) is 0 Å². The molecule has 53 heavy (non-hydrogen) atoms. The Kier molecular flexibility index (Phi) is 17.8. The topological polar surface area (TPSA) is 243 Å². The summed E-state index contributed by atoms with van der Waals surface area (Å²) >= 11 is 1.41. The van der Waals surface area contributed by atoms with Crippen molar-refractivity contribution in [3.63, 3.8) is 0 Å². The second-order valence-electron chi connectivity index (χ2n) is 12.3. The van der Waals surface area contributed by atoms with Crippen LogP contribution in [0.25, 0.3) is 10.9 Å². The Morgan fingerprint density at radius 2 is 1.43 bits per heavy atom. The Bertz CT molecular complexity index is 1670. The first kappa shape index (κ1) is 42.4. The zero-order valence-electron chi connectivity index (χ0n) is 30.0. The Balaban J connectivity index is 1.80. The van der Waals surface area contributed by atoms with Gasteiger partial charge in [0, 0.05) is 37.1 Å². The Morgan fingerprint density at radius 3 is 2.11 bits per heavy atom. The molecule has 17 heteroatoms. The minimum atomic E-state index is -1.61. The number of carboxylic acids is 1. The van der Waals surface area contributed by atoms with E-state index in [1.54, 1.807) is 50.6 Å². The summed E-state index contributed by atoms with van der Waals surface area (Å²) in [4.78, 5) is 81.4. The minimum absolute atomic E-state index is 0.0422. The number of fused-ring (bicyclic) bond motifs is 1. The molecule has 16 nitrogen and oxygen atoms in total. The average molecular weight is 756 g/mol. The number of aromatic amines is 1. The van der Waals surface area contributed by atoms with Crippen LogP contribution >= 0.6 is 11.8 Å². The van der Waals surface area contributed by atoms with E-state index in [1.807, 2.05) is 30.5 Å². The van der Waals surface area contributed by atoms with Crippen LogP contribution < -0.4 is 32.3 Å². The predicted octanol–water partition coefficient (Wildman–Crippen LogP) is 0.204. The smallest absolute Gasteiger partial charge is 0.305 e. The van der Waals surface area contributed by atoms with Gasteiger partial charge in [-0.2, -0.15) is 11.8 Å². The van der Waals surface area contributed by atoms with Gasteiger partial charge in [0.25, 0.3) is 0 Å². The maximum absolute atomic E-state index is 14.0. The molecule has 2 aromatic carbocycles. The molecule has 0 unspecified atom stereocenters. The number of aliphatic carboxylic acids is 1. The van der Waals surface area contributed by atoms with E-state index in [0.29, 0.717) is 24.5 Å². The largest absolute Gasteiger partial charge is 0.481 e. The molecule has 9 N–H and O–H groups in total. The molecule has 3 aromatic rings. The number of ether oxygens (including phenoxy) is 2. The number of hydrogen-bond acceptors (Lipinski definition) is 10. The summed E-state index contributed by atoms with van der Waals surface area (Å²) in [6.45, 7) is 2.37. The van der Waals surface area contributed by atoms with Crippen molar-refractivity contribution in [2.45, 2.75) is 62.8 Å². The molecule has 0 aliphatic rings. The SMILES string of the molecule is COCCOCN[C@@H](C)C(=O)N[C@@H](Cc1c[nH]c2ccccc12)C(=O)N[C@@H](CCSC)C(=O)N[C@@H](CC(=O)O)C(=O)N[C@@H](Cc1ccccc1)C(N)=O. The van der Waals surface area contributed by atoms with Crippen molar-refractivity contribution in [2.24, 2.45) is 5.73 Å². The van der Waals surface area contributed by atoms with Gasteiger partial charge in [0.15, 0.2) is 0 Å². The first-order valence-corrected chi connectivity index (χ1v) is 18.4. The molecule has 5 amide bonds. The molecule has 0 saturated carbocycles. The molecule has 3 rings (SSSR count). The fourth-order valence-electron chi connectivity index (χ4n) is 5.30. The van der Waals surface area contributed by atoms with Crippen LogP contribution in [-0.4, -0.2) is 115 Å². The second-order valence-corrected chi connectivity index (χ2v) is 13.2. The van der Waals surface area contributed by atoms with E-state index >= 15 is 0 Å². The number of carbonyl (C=O) groups excluding carboxylic acids is 5. The molecule has 0 spiro atoms. The average Bonchev–Trinajstić information content (AvgIpc) is 3.54. The number of nitrogens with one attached hydrogen (secondary N) is 6. The van der Waals surface area contributed by atoms with Crippen LogP contribution in [0.2, 0.25) is 0 Å². The zero-order valence-corrected chi connectivity index (χ0v) is 30.8. The summed E-state index contributed by atoms with van der Waals surface area (Å²) in [5.41, 5.74) is 7.82. The highest BCUT2D eigenvalue weighted by Gasteiger charge is 2.33. The van der Waals surface area contributed by atoms with E-state index in [2.05, 4.69) is 31.6 Å². The minimum Gasteiger partial charge on any atom is -0.481 e. The van der Waals surface area contributed by atoms with Crippen LogP contribution in [0.4, 0.5) is 0 Å². The van der Waals surface area contributed by atoms with Crippen LogP contribution in [0.15, 0.2) is 60.8 Å². The van der Waals surface area contributed by atoms with Crippen LogP contribution in [0.1, 0.15) is 30.9 Å². The van der Waals surface area contributed by atoms with Crippen molar-refractivity contribution in [2.75, 3.05) is 39.1 Å². The molecule has 0 fully saturated rings. The second kappa shape index (κ2) is 22.2. The number of primary amides is 1. The number of nitrogens with two attached hydrogens (primary N) is 1. The van der Waals surface area contributed by atoms with E-state index in [1.165, 1.54) is 11.8 Å². The number of benzene rings is 2. The third kappa shape index (κ3) is 14.2. The highest BCUT2D eigenvalue weighted by molar-refractivity contribution is 7.98. The first-order valence-electron chi connectivity index (χ1n) is 17.0. The van der Waals surface area contributed by atoms with Crippen LogP contribution in [0.3, 0.4) is 0 Å². The number of methoxy groups -OCH3 is 1. The lowest BCUT2D eigenvalue weighted by atomic mass is 10.0. The number of rotatable bonds is 24. The lowest BCUT2D eigenvalue weighted by molar-refractivity contribution is -0.141. The molecular formula is C36H49N7O9S. The predicted molar refractivity (Wildman–Crippen MR) is 200 cm³/mol. The summed E-state index contributed by atoms with van der Waals surface area (Å²) in [6.07, 6.45) is 2.96. The number of aromatic nitrogens is 1. The summed E-state index contributed by atoms with van der Waals surface area (Å²) in [6, 6.07) is 10.3. The molecule has 1 heterocycles. The fourth-order valence-corrected chi connectivity index (χ4v) is 5.77. The number of thioether (sulfide) groups is 1. The van der Waals surface area contributed by atoms with Gasteiger partial charge >= 0.3 is 5.97 Å². The number of carbonyl (C=O) groups is 6. The molecular weight excluding hydrogens is 707 g/mol. The third-order valence-corrected chi connectivity index (χ3v) is 8.89. The van der Waals surface area contributed by atoms with Crippen molar-refractivity contribution >= 4 is 58.2 Å². The first-order chi connectivity index (χ1) is 25.4. The van der Waals surface area contributed by atoms with Gasteiger partial charge in [0.2, 0.25) is 29.5 Å². The van der Waals surface area contributed by atoms with E-state index in [-0.39, 0.29) is 26.0 Å². The maximum atomic E-state index is 14.0. The van der Waals surface area contributed by atoms with E-state index in [4.69, 9.17) is 15.2 Å². The normalized spacial score (nSPS) is 13.9. The maximum Gasteiger partial charge on any atom is 0.305 e. The highest BCUT2D eigenvalue weighted by Crippen LogP contribution is 2.19. The zero-order chi connectivity index (χ0) is 38.8. The summed E-state index contributed by atoms with van der Waals surface area (Å²) in [7, 11) is 1.54. The molecule has 0 bridgehead atoms. The van der Waals surface area contributed by atoms with Gasteiger partial charge < -0.3 is 46.6 Å². The molecule has 5 atom stereocenters. The molecule has 0 aliphatic heterocycles. The van der Waals surface area contributed by atoms with Crippen LogP contribution in [0, 0.1) is 0 Å². The van der Waals surface area contributed by atoms with Gasteiger partial charge in [-0.05, 0) is 42.5 Å². The highest BCUT2D eigenvalue weighted by atomic mass is 32.2. The van der Waals surface area contributed by atoms with Gasteiger partial charge in [-0.1, -0.05) is 48.5 Å². The molecule has 0 saturated heterocycles. The quantitative estimate of drug-likeness (QED) is 0.0454. The molecule has 288 valence electrons. The fraction of sp³-hybridized carbons (Fsp3) is 0.444. The molecule has 0 radical (unpaired) electrons. The van der Waals surface area contributed by atoms with Gasteiger partial charge in [-0.3, -0.25) is 34.1 Å². The van der Waals surface area contributed by atoms with Crippen LogP contribution in [0.5, 0.6) is 0 Å². The molecule has 0 aliphatic carbocycles. The standard InChI is InChI=1S/C36H49N7O9S/c1-22(39-21-52-15-14-51-2)33(47)42-29(18-24-20-38-26-12-8-7-11-25(24)26)35(49)40-27(13-16-53-3)34(48)43-30(19-31(44)45)36(50)41-28(32(37)46)17-23-9-5-4-6-10-23/h4-12,20,22,27-30,38-39H,13-19,21H2,1-3H3,(H2,37,46)(H,40,49)(H,41,50)(H,42,47)(H,43,48)(H,44,45)/t22-,27-,28-,29-,30-/m0/s1. The third-order valence-electron chi connectivity index (χ3n) is 8.25. The summed E-state index contributed by atoms with van der Waals surface area (Å²) in [5, 5.41) is 23.8. The Hall–Kier alpha value is -4.97. The van der Waals surface area contributed by atoms with Crippen LogP contribution in [-0.2, 0) is 51.1 Å². The van der Waals surface area contributed by atoms with Gasteiger partial charge in [-0.25, -0.2) is 0 Å². The lowest BCUT2D eigenvalue weighted by Crippen LogP contribution is -2.59. The monoisotopic (exact) mass is 755 g/mol. The molecule has 1 aromatic heterocycles. The van der Waals surface area contributed by atoms with E-state index in [0.717, 1.165) is 16.5 Å². The van der Waals surface area contributed by atoms with E-state index in [9.17, 15) is 33.9 Å². The van der Waals surface area contributed by atoms with Crippen molar-refractivity contribution < 1.29 is 43.3 Å². The van der Waals surface area contributed by atoms with Crippen molar-refractivity contribution in [3.05, 3.63) is 71.9 Å². The van der Waals surface area contributed by atoms with Gasteiger partial charge in [0.1, 0.15) is 24.2 Å². The number of amides is 5. The van der Waals surface area contributed by atoms with Crippen molar-refractivity contribution in [1.29, 1.82) is 0 Å². The Labute approximate surface area is 312 Å². The van der Waals surface area contributed by atoms with Gasteiger partial charge in [-0.15, -0.1) is 0 Å². The van der Waals surface area contributed by atoms with Crippen molar-refractivity contribution in [1.82, 2.24) is 31.6 Å². The lowest BCUT2D eigenvalue weighted by Gasteiger charge is -2.26. The number of H-pyrrole nitrogens is 1. The Morgan fingerprint density at radius 1 is 0.811 bits per heavy atom. The van der Waals surface area contributed by atoms with E-state index < -0.39 is 72.1 Å². The summed E-state index contributed by atoms with van der Waals surface area (Å²) in [5.74, 6) is -4.76. The number of para-hydroxylation sites is 1. The van der Waals surface area contributed by atoms with Gasteiger partial charge in [0.05, 0.1) is 32.4 Å². The number of carboxylic acid groups (broad SMARTS) is 1. The number of hydrogen-bond donors (Lipinski definition) is 8.